The smallest absolute Gasteiger partial charge is 0.331 e. The molecule has 0 bridgehead atoms. The molecule has 0 radical (unpaired) electrons. The zero-order chi connectivity index (χ0) is 24.7. The molecule has 1 saturated carbocycles. The largest absolute Gasteiger partial charge is 0.480 e. The molecule has 1 fully saturated rings. The number of ether oxygens (including phenoxy) is 1. The Morgan fingerprint density at radius 2 is 1.59 bits per heavy atom. The first-order valence-corrected chi connectivity index (χ1v) is 10.5. The number of hydrogen-bond donors (Lipinski definition) is 1. The average molecular weight is 489 g/mol. The van der Waals surface area contributed by atoms with Crippen LogP contribution in [0.3, 0.4) is 0 Å². The van der Waals surface area contributed by atoms with Gasteiger partial charge in [-0.25, -0.2) is 0 Å². The number of benzene rings is 3. The lowest BCUT2D eigenvalue weighted by atomic mass is 9.47. The van der Waals surface area contributed by atoms with Gasteiger partial charge in [-0.2, -0.15) is 17.6 Å². The molecule has 0 spiro atoms. The van der Waals surface area contributed by atoms with Crippen LogP contribution in [0.5, 0.6) is 11.5 Å². The van der Waals surface area contributed by atoms with Crippen LogP contribution in [-0.2, 0) is 10.2 Å². The third kappa shape index (κ3) is 3.33. The van der Waals surface area contributed by atoms with E-state index in [-0.39, 0.29) is 16.3 Å². The topological polar surface area (TPSA) is 46.5 Å². The minimum atomic E-state index is -4.91. The van der Waals surface area contributed by atoms with E-state index in [9.17, 15) is 9.90 Å². The lowest BCUT2D eigenvalue weighted by Crippen LogP contribution is -2.80. The number of aliphatic carboxylic acids is 1. The summed E-state index contributed by atoms with van der Waals surface area (Å²) in [6.45, 7) is 0. The molecule has 0 aliphatic heterocycles. The van der Waals surface area contributed by atoms with Crippen LogP contribution >= 0.6 is 11.6 Å². The number of terminal acetylenes is 1. The Labute approximate surface area is 197 Å². The normalized spacial score (nSPS) is 23.2. The number of halogens is 5. The maximum absolute atomic E-state index is 15.0. The van der Waals surface area contributed by atoms with Gasteiger partial charge in [-0.1, -0.05) is 60.0 Å². The molecule has 1 N–H and O–H groups in total. The zero-order valence-electron chi connectivity index (χ0n) is 17.4. The first kappa shape index (κ1) is 23.7. The number of hydrogen-bond acceptors (Lipinski definition) is 2. The molecule has 3 atom stereocenters. The van der Waals surface area contributed by atoms with E-state index >= 15 is 17.6 Å². The fraction of sp³-hybridized carbons (Fsp3) is 0.192. The quantitative estimate of drug-likeness (QED) is 0.307. The Kier molecular flexibility index (Phi) is 5.82. The molecule has 34 heavy (non-hydrogen) atoms. The molecule has 174 valence electrons. The highest BCUT2D eigenvalue weighted by molar-refractivity contribution is 6.30. The zero-order valence-corrected chi connectivity index (χ0v) is 18.1. The van der Waals surface area contributed by atoms with Gasteiger partial charge in [-0.15, -0.1) is 6.42 Å². The van der Waals surface area contributed by atoms with Crippen molar-refractivity contribution < 1.29 is 32.2 Å². The molecule has 0 heterocycles. The van der Waals surface area contributed by atoms with Gasteiger partial charge in [0.25, 0.3) is 0 Å². The van der Waals surface area contributed by atoms with Crippen molar-refractivity contribution in [2.45, 2.75) is 23.2 Å². The van der Waals surface area contributed by atoms with Crippen molar-refractivity contribution in [1.82, 2.24) is 0 Å². The summed E-state index contributed by atoms with van der Waals surface area (Å²) in [6, 6.07) is 18.7. The summed E-state index contributed by atoms with van der Waals surface area (Å²) in [5.74, 6) is -13.0. The van der Waals surface area contributed by atoms with Crippen LogP contribution < -0.4 is 4.74 Å². The minimum Gasteiger partial charge on any atom is -0.480 e. The summed E-state index contributed by atoms with van der Waals surface area (Å²) in [6.07, 6.45) is 5.57. The monoisotopic (exact) mass is 488 g/mol. The number of carboxylic acid groups (broad SMARTS) is 1. The van der Waals surface area contributed by atoms with Crippen molar-refractivity contribution in [3.8, 4) is 23.8 Å². The fourth-order valence-corrected chi connectivity index (χ4v) is 4.68. The molecule has 3 aromatic carbocycles. The summed E-state index contributed by atoms with van der Waals surface area (Å²) in [5.41, 5.74) is -3.73. The molecule has 4 rings (SSSR count). The van der Waals surface area contributed by atoms with Gasteiger partial charge in [-0.3, -0.25) is 4.79 Å². The van der Waals surface area contributed by atoms with Crippen molar-refractivity contribution in [2.24, 2.45) is 5.92 Å². The predicted molar refractivity (Wildman–Crippen MR) is 119 cm³/mol. The number of para-hydroxylation sites is 1. The Hall–Kier alpha value is -3.50. The van der Waals surface area contributed by atoms with Crippen molar-refractivity contribution in [3.05, 3.63) is 95.0 Å². The van der Waals surface area contributed by atoms with Gasteiger partial charge in [0.2, 0.25) is 0 Å². The van der Waals surface area contributed by atoms with Crippen LogP contribution in [0, 0.1) is 18.3 Å². The first-order valence-electron chi connectivity index (χ1n) is 10.1. The Balaban J connectivity index is 1.83. The third-order valence-corrected chi connectivity index (χ3v) is 6.37. The maximum Gasteiger partial charge on any atom is 0.331 e. The number of rotatable bonds is 6. The highest BCUT2D eigenvalue weighted by Gasteiger charge is 2.91. The van der Waals surface area contributed by atoms with E-state index in [4.69, 9.17) is 22.8 Å². The number of carbonyl (C=O) groups is 1. The summed E-state index contributed by atoms with van der Waals surface area (Å²) in [5, 5.41) is 10.1. The molecule has 1 aliphatic rings. The molecule has 1 aliphatic carbocycles. The van der Waals surface area contributed by atoms with Crippen LogP contribution in [-0.4, -0.2) is 22.9 Å². The first-order chi connectivity index (χ1) is 16.1. The molecule has 3 unspecified atom stereocenters. The molecular weight excluding hydrogens is 472 g/mol. The predicted octanol–water partition coefficient (Wildman–Crippen LogP) is 6.77. The summed E-state index contributed by atoms with van der Waals surface area (Å²) >= 11 is 5.81. The molecule has 3 aromatic rings. The van der Waals surface area contributed by atoms with Crippen LogP contribution in [0.4, 0.5) is 17.6 Å². The van der Waals surface area contributed by atoms with Gasteiger partial charge in [0.15, 0.2) is 5.41 Å². The van der Waals surface area contributed by atoms with Crippen LogP contribution in [0.2, 0.25) is 5.02 Å². The number of carboxylic acids is 1. The van der Waals surface area contributed by atoms with Gasteiger partial charge >= 0.3 is 17.8 Å². The Bertz CT molecular complexity index is 1260. The standard InChI is InChI=1S/C26H17ClF4O3/c1-2-21(16-7-6-10-20(15-16)34-19-8-4-3-5-9-19)22-24(23(32)33,26(30,31)25(22,28)29)17-11-13-18(27)14-12-17/h1,3-15,21-22H,(H,32,33). The highest BCUT2D eigenvalue weighted by atomic mass is 35.5. The van der Waals surface area contributed by atoms with E-state index in [1.807, 2.05) is 0 Å². The Morgan fingerprint density at radius 1 is 0.971 bits per heavy atom. The lowest BCUT2D eigenvalue weighted by Gasteiger charge is -2.59. The molecule has 3 nitrogen and oxygen atoms in total. The van der Waals surface area contributed by atoms with E-state index in [1.165, 1.54) is 30.3 Å². The molecule has 0 saturated heterocycles. The highest BCUT2D eigenvalue weighted by Crippen LogP contribution is 2.71. The third-order valence-electron chi connectivity index (χ3n) is 6.12. The van der Waals surface area contributed by atoms with E-state index in [0.29, 0.717) is 5.75 Å². The second-order valence-electron chi connectivity index (χ2n) is 7.93. The average Bonchev–Trinajstić information content (AvgIpc) is 2.80. The molecule has 0 aromatic heterocycles. The van der Waals surface area contributed by atoms with Gasteiger partial charge in [0, 0.05) is 5.02 Å². The summed E-state index contributed by atoms with van der Waals surface area (Å²) in [7, 11) is 0. The number of alkyl halides is 4. The van der Waals surface area contributed by atoms with Gasteiger partial charge in [0.1, 0.15) is 11.5 Å². The maximum atomic E-state index is 15.0. The second kappa shape index (κ2) is 8.37. The van der Waals surface area contributed by atoms with Crippen molar-refractivity contribution >= 4 is 17.6 Å². The van der Waals surface area contributed by atoms with Crippen molar-refractivity contribution in [2.75, 3.05) is 0 Å². The van der Waals surface area contributed by atoms with Crippen LogP contribution in [0.15, 0.2) is 78.9 Å². The van der Waals surface area contributed by atoms with E-state index in [2.05, 4.69) is 5.92 Å². The van der Waals surface area contributed by atoms with Crippen molar-refractivity contribution in [3.63, 3.8) is 0 Å². The van der Waals surface area contributed by atoms with Crippen molar-refractivity contribution in [1.29, 1.82) is 0 Å². The lowest BCUT2D eigenvalue weighted by molar-refractivity contribution is -0.362. The Morgan fingerprint density at radius 3 is 2.18 bits per heavy atom. The van der Waals surface area contributed by atoms with Crippen LogP contribution in [0.25, 0.3) is 0 Å². The van der Waals surface area contributed by atoms with E-state index in [1.54, 1.807) is 36.4 Å². The summed E-state index contributed by atoms with van der Waals surface area (Å²) < 4.78 is 65.8. The molecular formula is C26H17ClF4O3. The minimum absolute atomic E-state index is 0.0516. The van der Waals surface area contributed by atoms with Gasteiger partial charge < -0.3 is 9.84 Å². The molecule has 0 amide bonds. The van der Waals surface area contributed by atoms with Crippen LogP contribution in [0.1, 0.15) is 17.0 Å². The van der Waals surface area contributed by atoms with Gasteiger partial charge in [0.05, 0.1) is 11.8 Å². The second-order valence-corrected chi connectivity index (χ2v) is 8.36. The summed E-state index contributed by atoms with van der Waals surface area (Å²) in [4.78, 5) is 12.3. The van der Waals surface area contributed by atoms with E-state index < -0.39 is 40.6 Å². The molecule has 8 heteroatoms. The van der Waals surface area contributed by atoms with E-state index in [0.717, 1.165) is 12.1 Å². The fourth-order valence-electron chi connectivity index (χ4n) is 4.55. The SMILES string of the molecule is C#CC(c1cccc(Oc2ccccc2)c1)C1C(F)(F)C(F)(F)C1(C(=O)O)c1ccc(Cl)cc1. The van der Waals surface area contributed by atoms with Gasteiger partial charge in [-0.05, 0) is 47.5 Å².